The normalized spacial score (nSPS) is 13.0. The van der Waals surface area contributed by atoms with Crippen molar-refractivity contribution < 1.29 is 9.13 Å². The summed E-state index contributed by atoms with van der Waals surface area (Å²) in [5.41, 5.74) is 3.84. The Kier molecular flexibility index (Phi) is 8.64. The Balaban J connectivity index is 0.000000195. The van der Waals surface area contributed by atoms with E-state index in [1.807, 2.05) is 33.2 Å². The molecular formula is C24H27ClFN5O. The second-order valence-corrected chi connectivity index (χ2v) is 7.84. The van der Waals surface area contributed by atoms with Gasteiger partial charge in [0.05, 0.1) is 11.4 Å². The molecular weight excluding hydrogens is 429 g/mol. The first kappa shape index (κ1) is 23.8. The Hall–Kier alpha value is -2.90. The van der Waals surface area contributed by atoms with Crippen LogP contribution in [0.1, 0.15) is 30.7 Å². The summed E-state index contributed by atoms with van der Waals surface area (Å²) in [7, 11) is 1.89. The summed E-state index contributed by atoms with van der Waals surface area (Å²) in [5, 5.41) is 4.20. The first-order valence-corrected chi connectivity index (χ1v) is 10.9. The van der Waals surface area contributed by atoms with Crippen LogP contribution in [-0.2, 0) is 11.8 Å². The number of aryl methyl sites for hydroxylation is 3. The molecule has 0 N–H and O–H groups in total. The summed E-state index contributed by atoms with van der Waals surface area (Å²) in [6.07, 6.45) is 9.18. The van der Waals surface area contributed by atoms with Gasteiger partial charge in [0, 0.05) is 55.0 Å². The van der Waals surface area contributed by atoms with Gasteiger partial charge in [0.25, 0.3) is 0 Å². The number of rotatable bonds is 1. The zero-order chi connectivity index (χ0) is 22.9. The maximum atomic E-state index is 14.1. The number of hydrogen-bond acceptors (Lipinski definition) is 5. The van der Waals surface area contributed by atoms with Crippen LogP contribution in [0.2, 0.25) is 5.02 Å². The van der Waals surface area contributed by atoms with Crippen LogP contribution in [0.15, 0.2) is 48.9 Å². The Bertz CT molecular complexity index is 1140. The molecule has 1 saturated heterocycles. The van der Waals surface area contributed by atoms with Crippen molar-refractivity contribution in [2.75, 3.05) is 13.2 Å². The smallest absolute Gasteiger partial charge is 0.179 e. The quantitative estimate of drug-likeness (QED) is 0.368. The van der Waals surface area contributed by atoms with Gasteiger partial charge in [-0.05, 0) is 63.4 Å². The number of benzene rings is 1. The largest absolute Gasteiger partial charge is 0.381 e. The molecule has 1 aliphatic rings. The fourth-order valence-corrected chi connectivity index (χ4v) is 3.24. The lowest BCUT2D eigenvalue weighted by atomic mass is 10.1. The van der Waals surface area contributed by atoms with Gasteiger partial charge in [0.15, 0.2) is 5.65 Å². The van der Waals surface area contributed by atoms with E-state index in [0.717, 1.165) is 24.6 Å². The molecule has 32 heavy (non-hydrogen) atoms. The van der Waals surface area contributed by atoms with Gasteiger partial charge >= 0.3 is 0 Å². The van der Waals surface area contributed by atoms with Crippen molar-refractivity contribution in [2.24, 2.45) is 7.05 Å². The molecule has 4 heterocycles. The topological polar surface area (TPSA) is 65.7 Å². The summed E-state index contributed by atoms with van der Waals surface area (Å²) >= 11 is 5.79. The minimum absolute atomic E-state index is 0.364. The second-order valence-electron chi connectivity index (χ2n) is 7.40. The molecule has 0 spiro atoms. The monoisotopic (exact) mass is 455 g/mol. The minimum atomic E-state index is -0.384. The zero-order valence-corrected chi connectivity index (χ0v) is 19.3. The Morgan fingerprint density at radius 2 is 1.72 bits per heavy atom. The molecule has 0 radical (unpaired) electrons. The number of nitrogens with zero attached hydrogens (tertiary/aromatic N) is 5. The third kappa shape index (κ3) is 6.55. The van der Waals surface area contributed by atoms with Crippen LogP contribution in [0.3, 0.4) is 0 Å². The maximum absolute atomic E-state index is 14.1. The van der Waals surface area contributed by atoms with E-state index in [1.54, 1.807) is 35.3 Å². The van der Waals surface area contributed by atoms with Crippen molar-refractivity contribution in [3.8, 4) is 11.1 Å². The average molecular weight is 456 g/mol. The molecule has 0 amide bonds. The molecule has 1 fully saturated rings. The highest BCUT2D eigenvalue weighted by atomic mass is 35.5. The number of hydrogen-bond donors (Lipinski definition) is 0. The van der Waals surface area contributed by atoms with Gasteiger partial charge in [-0.3, -0.25) is 4.68 Å². The Morgan fingerprint density at radius 1 is 0.969 bits per heavy atom. The zero-order valence-electron chi connectivity index (χ0n) is 18.6. The van der Waals surface area contributed by atoms with Crippen LogP contribution in [0.25, 0.3) is 22.3 Å². The van der Waals surface area contributed by atoms with Crippen LogP contribution in [0, 0.1) is 19.7 Å². The molecule has 4 aromatic rings. The van der Waals surface area contributed by atoms with E-state index in [4.69, 9.17) is 16.3 Å². The van der Waals surface area contributed by atoms with Gasteiger partial charge in [0.1, 0.15) is 11.3 Å². The lowest BCUT2D eigenvalue weighted by molar-refractivity contribution is 0.0968. The SMILES string of the molecule is C1CCOCC1.Cc1nc2nccc(-c3ccc(Cl)cc3F)c2nc1C.Cn1cccn1. The summed E-state index contributed by atoms with van der Waals surface area (Å²) in [4.78, 5) is 13.1. The predicted molar refractivity (Wildman–Crippen MR) is 125 cm³/mol. The molecule has 3 aromatic heterocycles. The van der Waals surface area contributed by atoms with Crippen LogP contribution < -0.4 is 0 Å². The molecule has 8 heteroatoms. The third-order valence-electron chi connectivity index (χ3n) is 4.92. The lowest BCUT2D eigenvalue weighted by Crippen LogP contribution is -2.03. The van der Waals surface area contributed by atoms with Gasteiger partial charge in [-0.2, -0.15) is 5.10 Å². The molecule has 0 saturated carbocycles. The first-order valence-electron chi connectivity index (χ1n) is 10.5. The molecule has 168 valence electrons. The van der Waals surface area contributed by atoms with Crippen molar-refractivity contribution in [1.29, 1.82) is 0 Å². The average Bonchev–Trinajstić information content (AvgIpc) is 3.28. The highest BCUT2D eigenvalue weighted by Crippen LogP contribution is 2.29. The standard InChI is InChI=1S/C15H11ClFN3.C5H10O.C4H6N2/c1-8-9(2)20-15-14(19-8)12(5-6-18-15)11-4-3-10(16)7-13(11)17;1-2-4-6-5-3-1;1-6-4-2-3-5-6/h3-7H,1-2H3;1-5H2;2-4H,1H3. The molecule has 1 aromatic carbocycles. The predicted octanol–water partition coefficient (Wildman–Crippen LogP) is 5.71. The van der Waals surface area contributed by atoms with E-state index in [0.29, 0.717) is 27.3 Å². The van der Waals surface area contributed by atoms with Crippen LogP contribution in [0.5, 0.6) is 0 Å². The highest BCUT2D eigenvalue weighted by molar-refractivity contribution is 6.30. The summed E-state index contributed by atoms with van der Waals surface area (Å²) < 4.78 is 20.9. The van der Waals surface area contributed by atoms with Gasteiger partial charge in [-0.1, -0.05) is 11.6 Å². The fraction of sp³-hybridized carbons (Fsp3) is 0.333. The minimum Gasteiger partial charge on any atom is -0.381 e. The highest BCUT2D eigenvalue weighted by Gasteiger charge is 2.12. The third-order valence-corrected chi connectivity index (χ3v) is 5.15. The number of aromatic nitrogens is 5. The van der Waals surface area contributed by atoms with Gasteiger partial charge in [-0.15, -0.1) is 0 Å². The number of ether oxygens (including phenoxy) is 1. The summed E-state index contributed by atoms with van der Waals surface area (Å²) in [6, 6.07) is 8.21. The van der Waals surface area contributed by atoms with E-state index >= 15 is 0 Å². The molecule has 0 bridgehead atoms. The summed E-state index contributed by atoms with van der Waals surface area (Å²) in [5.74, 6) is -0.384. The van der Waals surface area contributed by atoms with E-state index in [-0.39, 0.29) is 5.82 Å². The molecule has 0 unspecified atom stereocenters. The number of halogens is 2. The van der Waals surface area contributed by atoms with Crippen molar-refractivity contribution in [2.45, 2.75) is 33.1 Å². The van der Waals surface area contributed by atoms with Gasteiger partial charge in [-0.25, -0.2) is 19.3 Å². The van der Waals surface area contributed by atoms with Crippen molar-refractivity contribution >= 4 is 22.8 Å². The van der Waals surface area contributed by atoms with Crippen LogP contribution >= 0.6 is 11.6 Å². The number of pyridine rings is 1. The second kappa shape index (κ2) is 11.6. The van der Waals surface area contributed by atoms with E-state index < -0.39 is 0 Å². The Morgan fingerprint density at radius 3 is 2.25 bits per heavy atom. The lowest BCUT2D eigenvalue weighted by Gasteiger charge is -2.08. The van der Waals surface area contributed by atoms with Crippen LogP contribution in [0.4, 0.5) is 4.39 Å². The van der Waals surface area contributed by atoms with Crippen molar-refractivity contribution in [3.63, 3.8) is 0 Å². The van der Waals surface area contributed by atoms with Crippen molar-refractivity contribution in [3.05, 3.63) is 71.2 Å². The maximum Gasteiger partial charge on any atom is 0.179 e. The Labute approximate surface area is 192 Å². The van der Waals surface area contributed by atoms with E-state index in [2.05, 4.69) is 20.1 Å². The summed E-state index contributed by atoms with van der Waals surface area (Å²) in [6.45, 7) is 5.75. The molecule has 0 aliphatic carbocycles. The van der Waals surface area contributed by atoms with E-state index in [9.17, 15) is 4.39 Å². The molecule has 5 rings (SSSR count). The van der Waals surface area contributed by atoms with E-state index in [1.165, 1.54) is 25.3 Å². The molecule has 1 aliphatic heterocycles. The molecule has 6 nitrogen and oxygen atoms in total. The van der Waals surface area contributed by atoms with Crippen molar-refractivity contribution in [1.82, 2.24) is 24.7 Å². The molecule has 0 atom stereocenters. The first-order chi connectivity index (χ1) is 15.5. The number of fused-ring (bicyclic) bond motifs is 1. The fourth-order valence-electron chi connectivity index (χ4n) is 3.08. The van der Waals surface area contributed by atoms with Gasteiger partial charge in [0.2, 0.25) is 0 Å². The van der Waals surface area contributed by atoms with Crippen LogP contribution in [-0.4, -0.2) is 37.9 Å². The van der Waals surface area contributed by atoms with Gasteiger partial charge < -0.3 is 4.74 Å².